The standard InChI is InChI=1S/C33H32N8O4/c1-3-4-6-15-27-34-31-29(32(43)41(24-11-7-5-8-12-24)33(44)40(31)21-28(42)45-2)39(27)20-22-16-18-23(19-17-22)25-13-9-10-14-26(25)30-35-37-38-36-30/h5,7-14,16-19H,3-4,6,15,20-21H2,1-2H3,(H,35,36,37,38). The molecule has 0 radical (unpaired) electrons. The lowest BCUT2D eigenvalue weighted by atomic mass is 9.98. The molecule has 6 rings (SSSR count). The van der Waals surface area contributed by atoms with Gasteiger partial charge in [-0.1, -0.05) is 86.5 Å². The highest BCUT2D eigenvalue weighted by Crippen LogP contribution is 2.30. The SMILES string of the molecule is CCCCCc1nc2c(c(=O)n(-c3ccccc3)c(=O)n2CC(=O)OC)n1Cc1ccc(-c2ccccc2-c2nnn[nH]2)cc1. The van der Waals surface area contributed by atoms with Gasteiger partial charge in [-0.15, -0.1) is 5.10 Å². The maximum atomic E-state index is 14.2. The van der Waals surface area contributed by atoms with Crippen molar-refractivity contribution in [2.45, 2.75) is 45.7 Å². The number of rotatable bonds is 11. The van der Waals surface area contributed by atoms with Gasteiger partial charge in [0.1, 0.15) is 12.4 Å². The molecule has 0 bridgehead atoms. The summed E-state index contributed by atoms with van der Waals surface area (Å²) in [4.78, 5) is 45.1. The van der Waals surface area contributed by atoms with E-state index in [9.17, 15) is 14.4 Å². The second-order valence-electron chi connectivity index (χ2n) is 10.7. The first-order valence-electron chi connectivity index (χ1n) is 14.8. The fourth-order valence-corrected chi connectivity index (χ4v) is 5.51. The molecule has 0 aliphatic carbocycles. The van der Waals surface area contributed by atoms with Gasteiger partial charge in [-0.25, -0.2) is 19.4 Å². The highest BCUT2D eigenvalue weighted by molar-refractivity contribution is 5.80. The van der Waals surface area contributed by atoms with Crippen LogP contribution in [-0.2, 0) is 29.0 Å². The molecular weight excluding hydrogens is 572 g/mol. The van der Waals surface area contributed by atoms with Crippen molar-refractivity contribution in [2.75, 3.05) is 7.11 Å². The molecule has 0 saturated carbocycles. The minimum absolute atomic E-state index is 0.167. The Kier molecular flexibility index (Phi) is 8.45. The number of methoxy groups -OCH3 is 1. The molecule has 0 amide bonds. The van der Waals surface area contributed by atoms with Gasteiger partial charge >= 0.3 is 11.7 Å². The molecule has 0 aliphatic rings. The van der Waals surface area contributed by atoms with E-state index in [1.165, 1.54) is 11.7 Å². The van der Waals surface area contributed by atoms with E-state index in [2.05, 4.69) is 27.5 Å². The highest BCUT2D eigenvalue weighted by Gasteiger charge is 2.24. The third-order valence-corrected chi connectivity index (χ3v) is 7.78. The Labute approximate surface area is 257 Å². The quantitative estimate of drug-likeness (QED) is 0.172. The van der Waals surface area contributed by atoms with Gasteiger partial charge in [-0.05, 0) is 45.7 Å². The number of hydrogen-bond acceptors (Lipinski definition) is 8. The van der Waals surface area contributed by atoms with Crippen LogP contribution in [-0.4, -0.2) is 52.4 Å². The fraction of sp³-hybridized carbons (Fsp3) is 0.242. The van der Waals surface area contributed by atoms with Crippen LogP contribution in [0.5, 0.6) is 0 Å². The Bertz CT molecular complexity index is 2060. The third-order valence-electron chi connectivity index (χ3n) is 7.78. The second kappa shape index (κ2) is 12.9. The molecule has 3 heterocycles. The van der Waals surface area contributed by atoms with Crippen LogP contribution in [0.4, 0.5) is 0 Å². The van der Waals surface area contributed by atoms with E-state index in [0.29, 0.717) is 30.3 Å². The number of nitrogens with one attached hydrogen (secondary N) is 1. The highest BCUT2D eigenvalue weighted by atomic mass is 16.5. The number of imidazole rings is 1. The molecular formula is C33H32N8O4. The molecule has 0 atom stereocenters. The molecule has 45 heavy (non-hydrogen) atoms. The number of hydrogen-bond donors (Lipinski definition) is 1. The van der Waals surface area contributed by atoms with Crippen molar-refractivity contribution in [2.24, 2.45) is 0 Å². The normalized spacial score (nSPS) is 11.2. The van der Waals surface area contributed by atoms with E-state index in [1.54, 1.807) is 30.3 Å². The number of carbonyl (C=O) groups is 1. The number of para-hydroxylation sites is 1. The zero-order valence-corrected chi connectivity index (χ0v) is 25.0. The van der Waals surface area contributed by atoms with Crippen LogP contribution in [0.25, 0.3) is 39.4 Å². The Balaban J connectivity index is 1.48. The van der Waals surface area contributed by atoms with E-state index in [0.717, 1.165) is 46.1 Å². The fourth-order valence-electron chi connectivity index (χ4n) is 5.51. The molecule has 0 unspecified atom stereocenters. The molecule has 0 saturated heterocycles. The summed E-state index contributed by atoms with van der Waals surface area (Å²) < 4.78 is 9.10. The molecule has 3 aromatic carbocycles. The van der Waals surface area contributed by atoms with Crippen molar-refractivity contribution in [1.29, 1.82) is 0 Å². The number of aromatic nitrogens is 8. The van der Waals surface area contributed by atoms with Crippen LogP contribution < -0.4 is 11.2 Å². The van der Waals surface area contributed by atoms with Crippen molar-refractivity contribution in [3.05, 3.63) is 111 Å². The van der Waals surface area contributed by atoms with Gasteiger partial charge in [0, 0.05) is 18.5 Å². The van der Waals surface area contributed by atoms with Crippen molar-refractivity contribution >= 4 is 17.1 Å². The van der Waals surface area contributed by atoms with E-state index < -0.39 is 17.2 Å². The third kappa shape index (κ3) is 5.81. The number of benzene rings is 3. The van der Waals surface area contributed by atoms with Gasteiger partial charge in [0.2, 0.25) is 0 Å². The van der Waals surface area contributed by atoms with Gasteiger partial charge in [0.05, 0.1) is 12.8 Å². The number of H-pyrrole nitrogens is 1. The van der Waals surface area contributed by atoms with Crippen molar-refractivity contribution in [3.8, 4) is 28.2 Å². The number of aryl methyl sites for hydroxylation is 1. The first kappa shape index (κ1) is 29.4. The monoisotopic (exact) mass is 604 g/mol. The summed E-state index contributed by atoms with van der Waals surface area (Å²) in [7, 11) is 1.26. The predicted octanol–water partition coefficient (Wildman–Crippen LogP) is 4.15. The lowest BCUT2D eigenvalue weighted by molar-refractivity contribution is -0.141. The van der Waals surface area contributed by atoms with Crippen LogP contribution in [0.3, 0.4) is 0 Å². The number of nitrogens with zero attached hydrogens (tertiary/aromatic N) is 7. The zero-order chi connectivity index (χ0) is 31.3. The van der Waals surface area contributed by atoms with E-state index >= 15 is 0 Å². The van der Waals surface area contributed by atoms with Crippen LogP contribution in [0.2, 0.25) is 0 Å². The number of unbranched alkanes of at least 4 members (excludes halogenated alkanes) is 2. The van der Waals surface area contributed by atoms with Gasteiger partial charge < -0.3 is 9.30 Å². The Hall–Kier alpha value is -5.65. The minimum atomic E-state index is -0.654. The maximum absolute atomic E-state index is 14.2. The molecule has 0 fully saturated rings. The van der Waals surface area contributed by atoms with Crippen LogP contribution in [0, 0.1) is 0 Å². The molecule has 0 spiro atoms. The lowest BCUT2D eigenvalue weighted by Crippen LogP contribution is -2.40. The summed E-state index contributed by atoms with van der Waals surface area (Å²) in [6.45, 7) is 2.08. The first-order chi connectivity index (χ1) is 22.0. The topological polar surface area (TPSA) is 143 Å². The van der Waals surface area contributed by atoms with Crippen LogP contribution in [0.15, 0.2) is 88.5 Å². The lowest BCUT2D eigenvalue weighted by Gasteiger charge is -2.13. The number of ether oxygens (including phenoxy) is 1. The molecule has 1 N–H and O–H groups in total. The average Bonchev–Trinajstić information content (AvgIpc) is 3.73. The van der Waals surface area contributed by atoms with Gasteiger partial charge in [0.25, 0.3) is 5.56 Å². The van der Waals surface area contributed by atoms with Crippen molar-refractivity contribution in [1.82, 2.24) is 39.3 Å². The maximum Gasteiger partial charge on any atom is 0.337 e. The predicted molar refractivity (Wildman–Crippen MR) is 169 cm³/mol. The van der Waals surface area contributed by atoms with Crippen LogP contribution in [0.1, 0.15) is 37.6 Å². The molecule has 12 nitrogen and oxygen atoms in total. The number of carbonyl (C=O) groups excluding carboxylic acids is 1. The number of tetrazole rings is 1. The van der Waals surface area contributed by atoms with Gasteiger partial charge in [0.15, 0.2) is 17.0 Å². The summed E-state index contributed by atoms with van der Waals surface area (Å²) in [5, 5.41) is 14.3. The molecule has 3 aromatic heterocycles. The molecule has 6 aromatic rings. The summed E-state index contributed by atoms with van der Waals surface area (Å²) >= 11 is 0. The number of esters is 1. The summed E-state index contributed by atoms with van der Waals surface area (Å²) in [5.74, 6) is 0.631. The van der Waals surface area contributed by atoms with E-state index in [1.807, 2.05) is 53.1 Å². The number of fused-ring (bicyclic) bond motifs is 1. The van der Waals surface area contributed by atoms with Crippen molar-refractivity contribution in [3.63, 3.8) is 0 Å². The van der Waals surface area contributed by atoms with E-state index in [-0.39, 0.29) is 17.7 Å². The minimum Gasteiger partial charge on any atom is -0.468 e. The molecule has 0 aliphatic heterocycles. The Morgan fingerprint density at radius 1 is 0.889 bits per heavy atom. The molecule has 228 valence electrons. The zero-order valence-electron chi connectivity index (χ0n) is 25.0. The van der Waals surface area contributed by atoms with E-state index in [4.69, 9.17) is 9.72 Å². The summed E-state index contributed by atoms with van der Waals surface area (Å²) in [6.07, 6.45) is 3.47. The number of aromatic amines is 1. The molecule has 12 heteroatoms. The largest absolute Gasteiger partial charge is 0.468 e. The van der Waals surface area contributed by atoms with Crippen molar-refractivity contribution < 1.29 is 9.53 Å². The van der Waals surface area contributed by atoms with Gasteiger partial charge in [-0.3, -0.25) is 14.2 Å². The second-order valence-corrected chi connectivity index (χ2v) is 10.7. The first-order valence-corrected chi connectivity index (χ1v) is 14.8. The van der Waals surface area contributed by atoms with Gasteiger partial charge in [-0.2, -0.15) is 0 Å². The van der Waals surface area contributed by atoms with Crippen LogP contribution >= 0.6 is 0 Å². The smallest absolute Gasteiger partial charge is 0.337 e. The Morgan fingerprint density at radius 3 is 2.31 bits per heavy atom. The average molecular weight is 605 g/mol. The Morgan fingerprint density at radius 2 is 1.62 bits per heavy atom. The summed E-state index contributed by atoms with van der Waals surface area (Å²) in [5.41, 5.74) is 3.42. The summed E-state index contributed by atoms with van der Waals surface area (Å²) in [6, 6.07) is 24.6.